The maximum atomic E-state index is 13.8. The molecule has 2 aliphatic rings. The van der Waals surface area contributed by atoms with Gasteiger partial charge in [0.1, 0.15) is 11.8 Å². The summed E-state index contributed by atoms with van der Waals surface area (Å²) in [7, 11) is 0. The van der Waals surface area contributed by atoms with Crippen LogP contribution >= 0.6 is 34.4 Å². The van der Waals surface area contributed by atoms with Crippen molar-refractivity contribution in [2.75, 3.05) is 10.2 Å². The van der Waals surface area contributed by atoms with E-state index in [1.165, 1.54) is 40.2 Å². The maximum Gasteiger partial charge on any atom is 0.308 e. The number of hydrogen-bond acceptors (Lipinski definition) is 9. The molecule has 40 heavy (non-hydrogen) atoms. The van der Waals surface area contributed by atoms with Gasteiger partial charge >= 0.3 is 4.87 Å². The highest BCUT2D eigenvalue weighted by Gasteiger charge is 2.57. The Hall–Kier alpha value is -4.07. The van der Waals surface area contributed by atoms with Crippen LogP contribution in [0.4, 0.5) is 17.1 Å². The summed E-state index contributed by atoms with van der Waals surface area (Å²) in [5.41, 5.74) is 1.62. The molecule has 1 N–H and O–H groups in total. The molecule has 1 fully saturated rings. The minimum atomic E-state index is -0.832. The zero-order valence-corrected chi connectivity index (χ0v) is 23.3. The van der Waals surface area contributed by atoms with E-state index in [9.17, 15) is 29.3 Å². The van der Waals surface area contributed by atoms with E-state index < -0.39 is 33.8 Å². The summed E-state index contributed by atoms with van der Waals surface area (Å²) >= 11 is 3.54. The summed E-state index contributed by atoms with van der Waals surface area (Å²) < 4.78 is 1.38. The summed E-state index contributed by atoms with van der Waals surface area (Å²) in [4.78, 5) is 66.4. The van der Waals surface area contributed by atoms with Crippen LogP contribution in [-0.4, -0.2) is 32.5 Å². The number of thioether (sulfide) groups is 1. The van der Waals surface area contributed by atoms with E-state index in [2.05, 4.69) is 5.32 Å². The molecular weight excluding hydrogens is 573 g/mol. The number of thiazole rings is 1. The number of amides is 3. The Balaban J connectivity index is 1.37. The van der Waals surface area contributed by atoms with E-state index in [1.54, 1.807) is 6.07 Å². The Bertz CT molecular complexity index is 1730. The largest absolute Gasteiger partial charge is 0.324 e. The Morgan fingerprint density at radius 2 is 1.77 bits per heavy atom. The third-order valence-electron chi connectivity index (χ3n) is 6.94. The standard InChI is InChI=1S/C27H20N4O6S3/c1-14-5-2-3-6-17(14)28-19(32)13-29-26-23(40-27(29)35)20(18-7-4-12-38-18)21-22(39-26)25(34)30(24(21)33)15-8-10-16(11-9-15)31(36)37/h2-12,20-22H,13H2,1H3,(H,28,32)/t20-,21?,22?/m1/s1. The molecular formula is C27H20N4O6S3. The minimum absolute atomic E-state index is 0.152. The molecule has 4 heterocycles. The predicted molar refractivity (Wildman–Crippen MR) is 153 cm³/mol. The summed E-state index contributed by atoms with van der Waals surface area (Å²) in [6.07, 6.45) is 0. The van der Waals surface area contributed by atoms with Crippen LogP contribution in [0, 0.1) is 23.0 Å². The van der Waals surface area contributed by atoms with Gasteiger partial charge in [-0.05, 0) is 42.1 Å². The smallest absolute Gasteiger partial charge is 0.308 e. The van der Waals surface area contributed by atoms with Gasteiger partial charge in [-0.3, -0.25) is 33.9 Å². The molecule has 1 saturated heterocycles. The number of nitro benzene ring substituents is 1. The first kappa shape index (κ1) is 26.2. The van der Waals surface area contributed by atoms with E-state index >= 15 is 0 Å². The van der Waals surface area contributed by atoms with Gasteiger partial charge in [0.25, 0.3) is 5.69 Å². The van der Waals surface area contributed by atoms with Crippen LogP contribution in [0.1, 0.15) is 21.2 Å². The Morgan fingerprint density at radius 1 is 1.02 bits per heavy atom. The van der Waals surface area contributed by atoms with Crippen molar-refractivity contribution in [3.05, 3.63) is 101 Å². The zero-order valence-electron chi connectivity index (χ0n) is 20.8. The van der Waals surface area contributed by atoms with Gasteiger partial charge in [-0.25, -0.2) is 4.90 Å². The van der Waals surface area contributed by atoms with Crippen molar-refractivity contribution in [1.29, 1.82) is 0 Å². The molecule has 0 aliphatic carbocycles. The highest BCUT2D eigenvalue weighted by molar-refractivity contribution is 8.00. The fourth-order valence-corrected chi connectivity index (χ4v) is 8.78. The fourth-order valence-electron chi connectivity index (χ4n) is 5.05. The van der Waals surface area contributed by atoms with Gasteiger partial charge in [-0.1, -0.05) is 47.4 Å². The molecule has 13 heteroatoms. The Morgan fingerprint density at radius 3 is 2.45 bits per heavy atom. The first-order valence-electron chi connectivity index (χ1n) is 12.2. The van der Waals surface area contributed by atoms with Crippen molar-refractivity contribution in [3.63, 3.8) is 0 Å². The quantitative estimate of drug-likeness (QED) is 0.196. The van der Waals surface area contributed by atoms with Crippen LogP contribution in [0.3, 0.4) is 0 Å². The van der Waals surface area contributed by atoms with E-state index in [4.69, 9.17) is 0 Å². The number of benzene rings is 2. The zero-order chi connectivity index (χ0) is 28.1. The Labute approximate surface area is 239 Å². The third-order valence-corrected chi connectivity index (χ3v) is 10.5. The van der Waals surface area contributed by atoms with Crippen LogP contribution < -0.4 is 15.1 Å². The van der Waals surface area contributed by atoms with E-state index in [0.717, 1.165) is 38.4 Å². The third kappa shape index (κ3) is 4.35. The summed E-state index contributed by atoms with van der Waals surface area (Å²) in [6, 6.07) is 16.3. The Kier molecular flexibility index (Phi) is 6.64. The van der Waals surface area contributed by atoms with Gasteiger partial charge in [0, 0.05) is 33.5 Å². The number of non-ortho nitro benzene ring substituents is 1. The number of carbonyl (C=O) groups is 3. The van der Waals surface area contributed by atoms with Crippen molar-refractivity contribution in [1.82, 2.24) is 4.57 Å². The number of nitro groups is 1. The number of anilines is 2. The second-order valence-corrected chi connectivity index (χ2v) is 12.4. The maximum absolute atomic E-state index is 13.8. The van der Waals surface area contributed by atoms with Gasteiger partial charge in [0.15, 0.2) is 0 Å². The number of imide groups is 1. The highest BCUT2D eigenvalue weighted by atomic mass is 32.2. The molecule has 4 aromatic rings. The lowest BCUT2D eigenvalue weighted by molar-refractivity contribution is -0.384. The molecule has 2 unspecified atom stereocenters. The molecule has 0 radical (unpaired) electrons. The van der Waals surface area contributed by atoms with Crippen LogP contribution in [0.5, 0.6) is 0 Å². The lowest BCUT2D eigenvalue weighted by Crippen LogP contribution is -2.32. The van der Waals surface area contributed by atoms with E-state index in [-0.39, 0.29) is 28.7 Å². The van der Waals surface area contributed by atoms with Crippen LogP contribution in [-0.2, 0) is 20.9 Å². The van der Waals surface area contributed by atoms with Crippen molar-refractivity contribution in [2.45, 2.75) is 29.7 Å². The normalized spacial score (nSPS) is 19.8. The van der Waals surface area contributed by atoms with Gasteiger partial charge in [-0.15, -0.1) is 11.3 Å². The number of thiophene rings is 1. The number of nitrogens with zero attached hydrogens (tertiary/aromatic N) is 3. The number of hydrogen-bond donors (Lipinski definition) is 1. The van der Waals surface area contributed by atoms with E-state index in [0.29, 0.717) is 15.6 Å². The minimum Gasteiger partial charge on any atom is -0.324 e. The SMILES string of the molecule is Cc1ccccc1NC(=O)Cn1c2c(sc1=O)[C@H](c1cccs1)C1C(=O)N(c3ccc([N+](=O)[O-])cc3)C(=O)C1S2. The first-order chi connectivity index (χ1) is 19.2. The van der Waals surface area contributed by atoms with Gasteiger partial charge in [0.2, 0.25) is 17.7 Å². The highest BCUT2D eigenvalue weighted by Crippen LogP contribution is 2.54. The summed E-state index contributed by atoms with van der Waals surface area (Å²) in [5, 5.41) is 15.5. The van der Waals surface area contributed by atoms with Gasteiger partial charge < -0.3 is 5.32 Å². The molecule has 2 aromatic carbocycles. The van der Waals surface area contributed by atoms with Crippen molar-refractivity contribution in [3.8, 4) is 0 Å². The van der Waals surface area contributed by atoms with Gasteiger partial charge in [-0.2, -0.15) is 0 Å². The predicted octanol–water partition coefficient (Wildman–Crippen LogP) is 4.62. The van der Waals surface area contributed by atoms with Crippen LogP contribution in [0.15, 0.2) is 75.9 Å². The monoisotopic (exact) mass is 592 g/mol. The number of nitrogens with one attached hydrogen (secondary N) is 1. The number of para-hydroxylation sites is 1. The second-order valence-electron chi connectivity index (χ2n) is 9.33. The molecule has 202 valence electrons. The first-order valence-corrected chi connectivity index (χ1v) is 14.7. The fraction of sp³-hybridized carbons (Fsp3) is 0.185. The van der Waals surface area contributed by atoms with Crippen molar-refractivity contribution < 1.29 is 19.3 Å². The number of aryl methyl sites for hydroxylation is 1. The number of rotatable bonds is 6. The van der Waals surface area contributed by atoms with E-state index in [1.807, 2.05) is 42.6 Å². The molecule has 0 saturated carbocycles. The molecule has 2 aliphatic heterocycles. The number of aromatic nitrogens is 1. The molecule has 2 aromatic heterocycles. The van der Waals surface area contributed by atoms with Gasteiger partial charge in [0.05, 0.1) is 21.6 Å². The van der Waals surface area contributed by atoms with Crippen molar-refractivity contribution >= 4 is 69.2 Å². The van der Waals surface area contributed by atoms with Crippen LogP contribution in [0.25, 0.3) is 0 Å². The topological polar surface area (TPSA) is 132 Å². The lowest BCUT2D eigenvalue weighted by atomic mass is 9.87. The lowest BCUT2D eigenvalue weighted by Gasteiger charge is -2.29. The average Bonchev–Trinajstić information content (AvgIpc) is 3.63. The molecule has 3 atom stereocenters. The second kappa shape index (κ2) is 10.2. The van der Waals surface area contributed by atoms with Crippen LogP contribution in [0.2, 0.25) is 0 Å². The molecule has 3 amide bonds. The molecule has 10 nitrogen and oxygen atoms in total. The molecule has 6 rings (SSSR count). The molecule has 0 spiro atoms. The average molecular weight is 593 g/mol. The summed E-state index contributed by atoms with van der Waals surface area (Å²) in [6.45, 7) is 1.63. The number of fused-ring (bicyclic) bond motifs is 2. The molecule has 0 bridgehead atoms. The van der Waals surface area contributed by atoms with Crippen molar-refractivity contribution in [2.24, 2.45) is 5.92 Å². The number of carbonyl (C=O) groups excluding carboxylic acids is 3. The summed E-state index contributed by atoms with van der Waals surface area (Å²) in [5.74, 6) is -2.58.